The lowest BCUT2D eigenvalue weighted by Gasteiger charge is -2.10. The summed E-state index contributed by atoms with van der Waals surface area (Å²) in [6.45, 7) is 3.76. The van der Waals surface area contributed by atoms with Crippen LogP contribution in [0.1, 0.15) is 19.9 Å². The van der Waals surface area contributed by atoms with Gasteiger partial charge in [-0.2, -0.15) is 5.10 Å². The zero-order valence-corrected chi connectivity index (χ0v) is 11.1. The number of aromatic amines is 1. The van der Waals surface area contributed by atoms with Crippen molar-refractivity contribution in [3.8, 4) is 11.4 Å². The Kier molecular flexibility index (Phi) is 3.43. The molecule has 1 heterocycles. The minimum absolute atomic E-state index is 0.0223. The van der Waals surface area contributed by atoms with Crippen molar-refractivity contribution in [1.82, 2.24) is 14.8 Å². The van der Waals surface area contributed by atoms with Crippen molar-refractivity contribution >= 4 is 17.9 Å². The summed E-state index contributed by atoms with van der Waals surface area (Å²) in [6.07, 6.45) is 0. The first-order chi connectivity index (χ1) is 8.91. The molecule has 0 radical (unpaired) electrons. The molecule has 0 aliphatic carbocycles. The molecular formula is C11H11FN4O2S. The molecule has 6 nitrogen and oxygen atoms in total. The van der Waals surface area contributed by atoms with Crippen LogP contribution in [0.15, 0.2) is 18.2 Å². The SMILES string of the molecule is CC(C)n1c(-c2ccc(F)cc2[N+](=O)[O-])n[nH]c1=S. The van der Waals surface area contributed by atoms with E-state index in [1.54, 1.807) is 4.57 Å². The summed E-state index contributed by atoms with van der Waals surface area (Å²) >= 11 is 5.08. The molecule has 1 aromatic heterocycles. The molecule has 0 saturated carbocycles. The molecule has 0 aliphatic heterocycles. The van der Waals surface area contributed by atoms with Crippen molar-refractivity contribution in [3.63, 3.8) is 0 Å². The Balaban J connectivity index is 2.73. The smallest absolute Gasteiger partial charge is 0.283 e. The number of benzene rings is 1. The van der Waals surface area contributed by atoms with Crippen LogP contribution in [-0.4, -0.2) is 19.7 Å². The summed E-state index contributed by atoms with van der Waals surface area (Å²) in [7, 11) is 0. The van der Waals surface area contributed by atoms with Crippen molar-refractivity contribution in [3.05, 3.63) is 38.9 Å². The lowest BCUT2D eigenvalue weighted by atomic mass is 10.1. The van der Waals surface area contributed by atoms with Crippen molar-refractivity contribution in [2.24, 2.45) is 0 Å². The lowest BCUT2D eigenvalue weighted by molar-refractivity contribution is -0.384. The Morgan fingerprint density at radius 1 is 1.53 bits per heavy atom. The van der Waals surface area contributed by atoms with Gasteiger partial charge in [-0.25, -0.2) is 4.39 Å². The standard InChI is InChI=1S/C11H11FN4O2S/c1-6(2)15-10(13-14-11(15)19)8-4-3-7(12)5-9(8)16(17)18/h3-6H,1-2H3,(H,14,19). The van der Waals surface area contributed by atoms with E-state index in [2.05, 4.69) is 10.2 Å². The molecule has 2 rings (SSSR count). The summed E-state index contributed by atoms with van der Waals surface area (Å²) in [5.74, 6) is -0.340. The molecule has 2 aromatic rings. The molecule has 0 saturated heterocycles. The molecule has 0 bridgehead atoms. The summed E-state index contributed by atoms with van der Waals surface area (Å²) < 4.78 is 15.1. The quantitative estimate of drug-likeness (QED) is 0.532. The highest BCUT2D eigenvalue weighted by atomic mass is 32.1. The number of nitrogens with one attached hydrogen (secondary N) is 1. The fraction of sp³-hybridized carbons (Fsp3) is 0.273. The van der Waals surface area contributed by atoms with Gasteiger partial charge >= 0.3 is 0 Å². The molecule has 0 atom stereocenters. The number of H-pyrrole nitrogens is 1. The van der Waals surface area contributed by atoms with Crippen LogP contribution in [0.25, 0.3) is 11.4 Å². The second-order valence-corrected chi connectivity index (χ2v) is 4.62. The topological polar surface area (TPSA) is 76.8 Å². The molecule has 0 aliphatic rings. The van der Waals surface area contributed by atoms with Gasteiger partial charge in [-0.1, -0.05) is 0 Å². The summed E-state index contributed by atoms with van der Waals surface area (Å²) in [5.41, 5.74) is -0.108. The zero-order valence-electron chi connectivity index (χ0n) is 10.3. The normalized spacial score (nSPS) is 10.9. The average molecular weight is 282 g/mol. The van der Waals surface area contributed by atoms with Crippen molar-refractivity contribution in [2.45, 2.75) is 19.9 Å². The molecule has 0 unspecified atom stereocenters. The van der Waals surface area contributed by atoms with Crippen molar-refractivity contribution in [2.75, 3.05) is 0 Å². The van der Waals surface area contributed by atoms with Crippen LogP contribution in [0, 0.1) is 20.7 Å². The van der Waals surface area contributed by atoms with E-state index in [0.29, 0.717) is 10.6 Å². The second kappa shape index (κ2) is 4.88. The third-order valence-corrected chi connectivity index (χ3v) is 2.91. The van der Waals surface area contributed by atoms with Crippen molar-refractivity contribution < 1.29 is 9.31 Å². The monoisotopic (exact) mass is 282 g/mol. The van der Waals surface area contributed by atoms with E-state index in [-0.39, 0.29) is 17.3 Å². The van der Waals surface area contributed by atoms with E-state index < -0.39 is 10.7 Å². The molecule has 19 heavy (non-hydrogen) atoms. The first-order valence-electron chi connectivity index (χ1n) is 5.53. The van der Waals surface area contributed by atoms with Crippen LogP contribution < -0.4 is 0 Å². The van der Waals surface area contributed by atoms with E-state index in [0.717, 1.165) is 12.1 Å². The molecule has 8 heteroatoms. The molecule has 0 amide bonds. The van der Waals surface area contributed by atoms with Gasteiger partial charge in [-0.15, -0.1) is 0 Å². The largest absolute Gasteiger partial charge is 0.297 e. The molecule has 1 aromatic carbocycles. The Hall–Kier alpha value is -2.09. The van der Waals surface area contributed by atoms with Gasteiger partial charge in [0.05, 0.1) is 16.6 Å². The number of aromatic nitrogens is 3. The maximum Gasteiger partial charge on any atom is 0.283 e. The zero-order chi connectivity index (χ0) is 14.2. The number of halogens is 1. The Morgan fingerprint density at radius 3 is 2.79 bits per heavy atom. The minimum atomic E-state index is -0.666. The molecular weight excluding hydrogens is 271 g/mol. The third kappa shape index (κ3) is 2.39. The van der Waals surface area contributed by atoms with Crippen LogP contribution in [0.4, 0.5) is 10.1 Å². The van der Waals surface area contributed by atoms with Gasteiger partial charge in [0, 0.05) is 6.04 Å². The van der Waals surface area contributed by atoms with E-state index in [1.807, 2.05) is 13.8 Å². The van der Waals surface area contributed by atoms with Crippen LogP contribution in [-0.2, 0) is 0 Å². The number of hydrogen-bond acceptors (Lipinski definition) is 4. The third-order valence-electron chi connectivity index (χ3n) is 2.62. The van der Waals surface area contributed by atoms with Gasteiger partial charge in [-0.3, -0.25) is 19.8 Å². The maximum atomic E-state index is 13.1. The predicted octanol–water partition coefficient (Wildman–Crippen LogP) is 3.24. The molecule has 0 spiro atoms. The predicted molar refractivity (Wildman–Crippen MR) is 69.8 cm³/mol. The van der Waals surface area contributed by atoms with Gasteiger partial charge in [0.25, 0.3) is 5.69 Å². The van der Waals surface area contributed by atoms with Gasteiger partial charge in [0.2, 0.25) is 0 Å². The first-order valence-corrected chi connectivity index (χ1v) is 5.94. The molecule has 100 valence electrons. The van der Waals surface area contributed by atoms with E-state index in [4.69, 9.17) is 12.2 Å². The first kappa shape index (κ1) is 13.3. The highest BCUT2D eigenvalue weighted by Gasteiger charge is 2.22. The number of hydrogen-bond donors (Lipinski definition) is 1. The van der Waals surface area contributed by atoms with Crippen LogP contribution in [0.5, 0.6) is 0 Å². The van der Waals surface area contributed by atoms with Gasteiger partial charge in [0.1, 0.15) is 5.82 Å². The van der Waals surface area contributed by atoms with Gasteiger partial charge in [0.15, 0.2) is 10.6 Å². The maximum absolute atomic E-state index is 13.1. The summed E-state index contributed by atoms with van der Waals surface area (Å²) in [4.78, 5) is 10.4. The Morgan fingerprint density at radius 2 is 2.21 bits per heavy atom. The lowest BCUT2D eigenvalue weighted by Crippen LogP contribution is -2.05. The average Bonchev–Trinajstić information content (AvgIpc) is 2.70. The fourth-order valence-corrected chi connectivity index (χ4v) is 2.16. The number of rotatable bonds is 3. The molecule has 1 N–H and O–H groups in total. The number of nitrogens with zero attached hydrogens (tertiary/aromatic N) is 3. The minimum Gasteiger partial charge on any atom is -0.297 e. The summed E-state index contributed by atoms with van der Waals surface area (Å²) in [6, 6.07) is 3.34. The van der Waals surface area contributed by atoms with E-state index in [9.17, 15) is 14.5 Å². The molecule has 0 fully saturated rings. The second-order valence-electron chi connectivity index (χ2n) is 4.23. The van der Waals surface area contributed by atoms with Crippen molar-refractivity contribution in [1.29, 1.82) is 0 Å². The van der Waals surface area contributed by atoms with Crippen LogP contribution in [0.3, 0.4) is 0 Å². The number of nitro benzene ring substituents is 1. The fourth-order valence-electron chi connectivity index (χ4n) is 1.82. The highest BCUT2D eigenvalue weighted by molar-refractivity contribution is 7.71. The van der Waals surface area contributed by atoms with E-state index >= 15 is 0 Å². The van der Waals surface area contributed by atoms with Gasteiger partial charge in [-0.05, 0) is 38.2 Å². The Labute approximate surface area is 113 Å². The number of nitro groups is 1. The van der Waals surface area contributed by atoms with Crippen LogP contribution >= 0.6 is 12.2 Å². The summed E-state index contributed by atoms with van der Waals surface area (Å²) in [5, 5.41) is 17.6. The van der Waals surface area contributed by atoms with Crippen LogP contribution in [0.2, 0.25) is 0 Å². The van der Waals surface area contributed by atoms with Gasteiger partial charge < -0.3 is 0 Å². The van der Waals surface area contributed by atoms with E-state index in [1.165, 1.54) is 6.07 Å². The highest BCUT2D eigenvalue weighted by Crippen LogP contribution is 2.30. The Bertz CT molecular complexity index is 692.